The van der Waals surface area contributed by atoms with E-state index in [0.29, 0.717) is 5.56 Å². The van der Waals surface area contributed by atoms with Crippen molar-refractivity contribution in [2.24, 2.45) is 21.7 Å². The van der Waals surface area contributed by atoms with E-state index in [9.17, 15) is 39.0 Å². The molecule has 17 nitrogen and oxygen atoms in total. The van der Waals surface area contributed by atoms with E-state index in [0.717, 1.165) is 13.8 Å². The van der Waals surface area contributed by atoms with Crippen LogP contribution in [0.15, 0.2) is 107 Å². The third-order valence-electron chi connectivity index (χ3n) is 13.6. The third kappa shape index (κ3) is 10.7. The fraction of sp³-hybridized carbons (Fsp3) is 0.462. The first-order valence-electron chi connectivity index (χ1n) is 22.6. The van der Waals surface area contributed by atoms with Gasteiger partial charge in [0.25, 0.3) is 5.91 Å². The van der Waals surface area contributed by atoms with Crippen LogP contribution in [0, 0.1) is 16.7 Å². The van der Waals surface area contributed by atoms with Gasteiger partial charge in [-0.3, -0.25) is 19.2 Å². The number of aliphatic hydroxyl groups is 2. The van der Waals surface area contributed by atoms with Gasteiger partial charge in [-0.25, -0.2) is 9.59 Å². The number of amides is 1. The van der Waals surface area contributed by atoms with E-state index in [1.54, 1.807) is 92.7 Å². The van der Waals surface area contributed by atoms with Gasteiger partial charge in [-0.15, -0.1) is 0 Å². The monoisotopic (exact) mass is 1040 g/mol. The van der Waals surface area contributed by atoms with Gasteiger partial charge in [-0.05, 0) is 61.9 Å². The van der Waals surface area contributed by atoms with Gasteiger partial charge in [0.1, 0.15) is 23.9 Å². The predicted octanol–water partition coefficient (Wildman–Crippen LogP) is 5.04. The largest absolute Gasteiger partial charge is 0.650 e. The summed E-state index contributed by atoms with van der Waals surface area (Å²) in [4.78, 5) is 99.1. The van der Waals surface area contributed by atoms with Gasteiger partial charge in [0, 0.05) is 70.4 Å². The third-order valence-corrected chi connectivity index (χ3v) is 13.6. The van der Waals surface area contributed by atoms with Crippen LogP contribution in [0.2, 0.25) is 0 Å². The molecule has 373 valence electrons. The number of aliphatic imine (C=N–C) groups is 1. The Bertz CT molecular complexity index is 2420. The standard InChI is InChI=1S/C48H50NO15.C2H4N.C2H6.Y/c1-26-32(62-44(57)37(53)36(29-16-10-7-11-17-29)49-42(55)30-18-12-8-13-19-30)23-48(58)41(63-43(56)31-20-14-9-15-21-31)39-46(6,40(54)38(61-27(2)51)35(26)45(48,4)5)33(60-25-50)22-34-47(39,24-59-34)64-28(3)52;1-3-2;1-2;/h7-21,32-34,36-39,41,53,58H,22-24H2,1-6H3,(H,49,55);1H,2H3;1-2H3;/q2*-1;;/t32?,33-,34?,36-,37+,38+,39-,41-,46+,47-,48+;;;/m0.../s1. The zero-order valence-electron chi connectivity index (χ0n) is 40.7. The van der Waals surface area contributed by atoms with Crippen molar-refractivity contribution in [1.29, 1.82) is 0 Å². The molecule has 3 N–H and O–H groups in total. The first-order valence-corrected chi connectivity index (χ1v) is 22.6. The molecular formula is C52H60N2O15Y-2. The minimum Gasteiger partial charge on any atom is -0.650 e. The Morgan fingerprint density at radius 3 is 1.91 bits per heavy atom. The van der Waals surface area contributed by atoms with Crippen LogP contribution >= 0.6 is 0 Å². The number of aliphatic hydroxyl groups excluding tert-OH is 1. The molecule has 0 spiro atoms. The first kappa shape index (κ1) is 57.1. The molecular weight excluding hydrogens is 981 g/mol. The number of Topliss-reactive ketones (excluding diaryl/α,β-unsaturated/α-hetero) is 1. The second-order valence-corrected chi connectivity index (χ2v) is 17.8. The average molecular weight is 1040 g/mol. The van der Waals surface area contributed by atoms with Crippen LogP contribution in [0.3, 0.4) is 0 Å². The van der Waals surface area contributed by atoms with E-state index in [2.05, 4.69) is 17.0 Å². The molecule has 3 aromatic rings. The number of esters is 4. The van der Waals surface area contributed by atoms with E-state index in [4.69, 9.17) is 28.4 Å². The van der Waals surface area contributed by atoms with E-state index in [1.165, 1.54) is 39.5 Å². The van der Waals surface area contributed by atoms with Crippen LogP contribution in [0.1, 0.15) is 101 Å². The summed E-state index contributed by atoms with van der Waals surface area (Å²) in [6, 6.07) is 22.8. The maximum atomic E-state index is 15.7. The number of hydrogen-bond donors (Lipinski definition) is 3. The smallest absolute Gasteiger partial charge is 0.338 e. The van der Waals surface area contributed by atoms with Crippen molar-refractivity contribution in [3.05, 3.63) is 119 Å². The number of benzene rings is 3. The summed E-state index contributed by atoms with van der Waals surface area (Å²) >= 11 is 0. The average Bonchev–Trinajstić information content (AvgIpc) is 3.32. The van der Waals surface area contributed by atoms with E-state index in [-0.39, 0.29) is 68.0 Å². The molecule has 2 bridgehead atoms. The number of carbonyl (C=O) groups is 6. The molecule has 3 fully saturated rings. The van der Waals surface area contributed by atoms with Crippen LogP contribution in [-0.4, -0.2) is 120 Å². The van der Waals surface area contributed by atoms with Crippen molar-refractivity contribution in [3.63, 3.8) is 0 Å². The van der Waals surface area contributed by atoms with Crippen LogP contribution in [0.5, 0.6) is 0 Å². The molecule has 2 unspecified atom stereocenters. The molecule has 1 aliphatic heterocycles. The number of ketones is 1. The summed E-state index contributed by atoms with van der Waals surface area (Å²) in [6.45, 7) is 17.7. The summed E-state index contributed by atoms with van der Waals surface area (Å²) in [5.74, 6) is -7.03. The molecule has 7 rings (SSSR count). The van der Waals surface area contributed by atoms with Crippen LogP contribution in [-0.2, 0) is 85.1 Å². The topological polar surface area (TPSA) is 240 Å². The Morgan fingerprint density at radius 1 is 0.871 bits per heavy atom. The van der Waals surface area contributed by atoms with Crippen LogP contribution in [0.25, 0.3) is 0 Å². The maximum absolute atomic E-state index is 15.7. The van der Waals surface area contributed by atoms with Gasteiger partial charge < -0.3 is 60.5 Å². The Hall–Kier alpha value is -5.46. The molecule has 1 amide bonds. The quantitative estimate of drug-likeness (QED) is 0.0708. The molecule has 3 aliphatic carbocycles. The number of rotatable bonds is 12. The van der Waals surface area contributed by atoms with E-state index in [1.807, 2.05) is 13.8 Å². The number of fused-ring (bicyclic) bond motifs is 5. The second kappa shape index (κ2) is 23.6. The second-order valence-electron chi connectivity index (χ2n) is 17.8. The summed E-state index contributed by atoms with van der Waals surface area (Å²) in [7, 11) is 1.53. The Labute approximate surface area is 432 Å². The summed E-state index contributed by atoms with van der Waals surface area (Å²) in [6.07, 6.45) is -10.6. The predicted molar refractivity (Wildman–Crippen MR) is 248 cm³/mol. The first-order chi connectivity index (χ1) is 32.7. The minimum atomic E-state index is -2.44. The normalized spacial score (nSPS) is 28.7. The molecule has 1 heterocycles. The van der Waals surface area contributed by atoms with E-state index >= 15 is 4.79 Å². The zero-order chi connectivity index (χ0) is 51.1. The van der Waals surface area contributed by atoms with Gasteiger partial charge >= 0.3 is 23.9 Å². The number of ether oxygens (including phenoxy) is 6. The molecule has 2 saturated carbocycles. The maximum Gasteiger partial charge on any atom is 0.338 e. The van der Waals surface area contributed by atoms with Gasteiger partial charge in [0.05, 0.1) is 35.6 Å². The summed E-state index contributed by atoms with van der Waals surface area (Å²) in [5, 5.41) is 28.3. The number of nitrogens with one attached hydrogen (secondary N) is 1. The molecule has 3 aromatic carbocycles. The van der Waals surface area contributed by atoms with Crippen LogP contribution < -0.4 is 5.32 Å². The van der Waals surface area contributed by atoms with Gasteiger partial charge in [-0.2, -0.15) is 0 Å². The number of carbonyl (C=O) groups excluding carboxylic acids is 7. The van der Waals surface area contributed by atoms with Gasteiger partial charge in [-0.1, -0.05) is 101 Å². The van der Waals surface area contributed by atoms with Crippen molar-refractivity contribution in [1.82, 2.24) is 5.32 Å². The van der Waals surface area contributed by atoms with Crippen molar-refractivity contribution >= 4 is 48.8 Å². The van der Waals surface area contributed by atoms with Crippen molar-refractivity contribution in [3.8, 4) is 0 Å². The molecule has 1 radical (unpaired) electrons. The molecule has 1 saturated heterocycles. The molecule has 70 heavy (non-hydrogen) atoms. The van der Waals surface area contributed by atoms with Crippen LogP contribution in [0.4, 0.5) is 0 Å². The summed E-state index contributed by atoms with van der Waals surface area (Å²) < 4.78 is 36.0. The Morgan fingerprint density at radius 2 is 1.41 bits per heavy atom. The fourth-order valence-electron chi connectivity index (χ4n) is 10.4. The molecule has 11 atom stereocenters. The van der Waals surface area contributed by atoms with Crippen molar-refractivity contribution < 1.29 is 105 Å². The fourth-order valence-corrected chi connectivity index (χ4v) is 10.4. The SMILES string of the molecule is CC.CC(=O)O[C@H]1C(=O)[C@]2(C)[C@@H](O[C-]=O)CC3OC[C@@]3(OC(C)=O)[C@H]2[C@H](OC(=O)c2ccccc2)[C@]2(O)CC(OC(=O)[C@H](O)[C@@H](NC(=O)c3ccccc3)c3ccccc3)C(C)=C1C2(C)C.[CH-]=NC.[Y]. The van der Waals surface area contributed by atoms with E-state index < -0.39 is 113 Å². The van der Waals surface area contributed by atoms with Gasteiger partial charge in [0.15, 0.2) is 23.6 Å². The number of nitrogens with zero attached hydrogens (tertiary/aromatic N) is 1. The van der Waals surface area contributed by atoms with Crippen molar-refractivity contribution in [2.45, 2.75) is 122 Å². The molecule has 4 aliphatic rings. The minimum absolute atomic E-state index is 0. The zero-order valence-corrected chi connectivity index (χ0v) is 43.5. The summed E-state index contributed by atoms with van der Waals surface area (Å²) in [5.41, 5.74) is -7.29. The Balaban J connectivity index is 0.00000171. The van der Waals surface area contributed by atoms with Gasteiger partial charge in [0.2, 0.25) is 0 Å². The molecule has 18 heteroatoms. The molecule has 0 aromatic heterocycles. The Kier molecular flexibility index (Phi) is 19.3. The van der Waals surface area contributed by atoms with Crippen molar-refractivity contribution in [2.75, 3.05) is 13.7 Å². The number of hydrogen-bond acceptors (Lipinski definition) is 16.